The van der Waals surface area contributed by atoms with Gasteiger partial charge in [0.1, 0.15) is 11.5 Å². The number of methoxy groups -OCH3 is 2. The van der Waals surface area contributed by atoms with Crippen LogP contribution in [0.3, 0.4) is 0 Å². The zero-order valence-electron chi connectivity index (χ0n) is 44.5. The summed E-state index contributed by atoms with van der Waals surface area (Å²) >= 11 is 11.1. The second-order valence-corrected chi connectivity index (χ2v) is 22.5. The Balaban J connectivity index is 0.000000121. The third-order valence-corrected chi connectivity index (χ3v) is 16.7. The molecule has 0 saturated carbocycles. The Labute approximate surface area is 478 Å². The van der Waals surface area contributed by atoms with Crippen LogP contribution in [0.25, 0.3) is 101 Å². The minimum absolute atomic E-state index is 0.687. The molecule has 0 spiro atoms. The summed E-state index contributed by atoms with van der Waals surface area (Å²) in [5, 5.41) is 36.9. The number of benzene rings is 3. The first kappa shape index (κ1) is 52.6. The van der Waals surface area contributed by atoms with Crippen molar-refractivity contribution < 1.29 is 14.2 Å². The quantitative estimate of drug-likeness (QED) is 0.117. The highest BCUT2D eigenvalue weighted by atomic mass is 35.5. The number of rotatable bonds is 10. The highest BCUT2D eigenvalue weighted by molar-refractivity contribution is 7.10. The number of nitrogens with zero attached hydrogens (tertiary/aromatic N) is 11. The predicted molar refractivity (Wildman–Crippen MR) is 324 cm³/mol. The summed E-state index contributed by atoms with van der Waals surface area (Å²) in [4.78, 5) is 29.7. The van der Waals surface area contributed by atoms with Crippen molar-refractivity contribution in [1.82, 2.24) is 60.4 Å². The summed E-state index contributed by atoms with van der Waals surface area (Å²) < 4.78 is 16.8. The van der Waals surface area contributed by atoms with Crippen LogP contribution < -0.4 is 19.3 Å². The fourth-order valence-electron chi connectivity index (χ4n) is 10.2. The molecule has 0 radical (unpaired) electrons. The number of halogens is 1. The number of piperazine rings is 1. The zero-order valence-corrected chi connectivity index (χ0v) is 47.7. The normalized spacial score (nSPS) is 13.8. The van der Waals surface area contributed by atoms with Gasteiger partial charge in [-0.25, -0.2) is 24.9 Å². The zero-order chi connectivity index (χ0) is 54.7. The average Bonchev–Trinajstić information content (AvgIpc) is 4.42. The molecule has 9 aromatic heterocycles. The number of H-pyrrole nitrogens is 3. The van der Waals surface area contributed by atoms with Gasteiger partial charge in [0, 0.05) is 101 Å². The van der Waals surface area contributed by atoms with Gasteiger partial charge in [-0.15, -0.1) is 22.7 Å². The lowest BCUT2D eigenvalue weighted by molar-refractivity contribution is 0.122. The van der Waals surface area contributed by atoms with Crippen molar-refractivity contribution in [1.29, 1.82) is 0 Å². The topological polar surface area (TPSA) is 188 Å². The molecule has 0 aliphatic carbocycles. The minimum atomic E-state index is 0.687. The van der Waals surface area contributed by atoms with Crippen LogP contribution in [-0.4, -0.2) is 134 Å². The van der Waals surface area contributed by atoms with Gasteiger partial charge < -0.3 is 28.9 Å². The van der Waals surface area contributed by atoms with E-state index < -0.39 is 0 Å². The maximum Gasteiger partial charge on any atom is 0.182 e. The van der Waals surface area contributed by atoms with Gasteiger partial charge in [-0.05, 0) is 116 Å². The summed E-state index contributed by atoms with van der Waals surface area (Å²) in [6.45, 7) is 11.2. The second-order valence-electron chi connectivity index (χ2n) is 19.2. The molecule has 3 aromatic carbocycles. The Morgan fingerprint density at radius 3 is 1.49 bits per heavy atom. The van der Waals surface area contributed by atoms with E-state index in [-0.39, 0.29) is 0 Å². The van der Waals surface area contributed by atoms with Crippen molar-refractivity contribution in [3.63, 3.8) is 0 Å². The third-order valence-electron chi connectivity index (χ3n) is 14.2. The fourth-order valence-corrected chi connectivity index (χ4v) is 12.3. The number of pyridine rings is 3. The number of thiophene rings is 1. The molecule has 17 nitrogen and oxygen atoms in total. The van der Waals surface area contributed by atoms with Crippen molar-refractivity contribution in [3.8, 4) is 78.9 Å². The second kappa shape index (κ2) is 23.3. The number of nitrogens with one attached hydrogen (secondary N) is 3. The van der Waals surface area contributed by atoms with Crippen LogP contribution in [0.1, 0.15) is 10.0 Å². The van der Waals surface area contributed by atoms with Crippen LogP contribution in [0.4, 0.5) is 11.4 Å². The number of hydrogen-bond donors (Lipinski definition) is 3. The number of hydrogen-bond acceptors (Lipinski definition) is 17. The first-order valence-corrected chi connectivity index (χ1v) is 29.0. The van der Waals surface area contributed by atoms with Crippen molar-refractivity contribution in [2.45, 2.75) is 13.8 Å². The van der Waals surface area contributed by atoms with Gasteiger partial charge in [-0.1, -0.05) is 23.7 Å². The number of aromatic nitrogens is 11. The highest BCUT2D eigenvalue weighted by Gasteiger charge is 2.23. The van der Waals surface area contributed by atoms with Crippen LogP contribution in [0.2, 0.25) is 5.02 Å². The highest BCUT2D eigenvalue weighted by Crippen LogP contribution is 2.41. The molecular weight excluding hydrogens is 1080 g/mol. The smallest absolute Gasteiger partial charge is 0.182 e. The van der Waals surface area contributed by atoms with Crippen molar-refractivity contribution in [3.05, 3.63) is 140 Å². The number of aryl methyl sites for hydroxylation is 2. The molecule has 21 heteroatoms. The van der Waals surface area contributed by atoms with Crippen LogP contribution in [-0.2, 0) is 4.74 Å². The van der Waals surface area contributed by atoms with Gasteiger partial charge >= 0.3 is 0 Å². The van der Waals surface area contributed by atoms with Crippen LogP contribution in [0, 0.1) is 13.8 Å². The van der Waals surface area contributed by atoms with Crippen LogP contribution >= 0.6 is 45.6 Å². The van der Waals surface area contributed by atoms with Crippen molar-refractivity contribution in [2.24, 2.45) is 0 Å². The van der Waals surface area contributed by atoms with Crippen LogP contribution in [0.5, 0.6) is 11.5 Å². The molecule has 0 amide bonds. The summed E-state index contributed by atoms with van der Waals surface area (Å²) in [7, 11) is 5.60. The van der Waals surface area contributed by atoms with Gasteiger partial charge in [-0.2, -0.15) is 26.6 Å². The average molecular weight is 1140 g/mol. The standard InChI is InChI=1S/C22H24N6OS.C21H21N5O2S.C16H10ClN3S/c1-14-24-17(13-30-14)16-6-7-23-22-20(16)21(25-26-22)15-4-5-19(29-3)18(12-15)28-10-8-27(2)9-11-28;1-13-23-16(12-29-13)15-5-6-22-21-19(15)20(24-25-21)14-3-4-18(27-2)17(11-14)26-7-9-28-10-8-26;17-12-3-1-2-10(8-12)15-14-13(11-5-7-21-9-11)4-6-18-16(14)20-19-15/h4-7,12-13H,8-11H2,1-3H3,(H,23,25,26);3-6,11-12H,7-10H2,1-2H3,(H,22,24,25);1-9H,(H,18,19,20). The van der Waals surface area contributed by atoms with Crippen molar-refractivity contribution >= 4 is 90.1 Å². The maximum atomic E-state index is 6.10. The molecule has 2 aliphatic rings. The lowest BCUT2D eigenvalue weighted by Gasteiger charge is -2.35. The Morgan fingerprint density at radius 2 is 1.02 bits per heavy atom. The molecule has 0 atom stereocenters. The fraction of sp³-hybridized carbons (Fsp3) is 0.220. The number of likely N-dealkylation sites (N-methyl/N-ethyl adjacent to an activating group) is 1. The summed E-state index contributed by atoms with van der Waals surface area (Å²) in [6, 6.07) is 28.4. The molecule has 80 heavy (non-hydrogen) atoms. The molecule has 14 rings (SSSR count). The van der Waals surface area contributed by atoms with Crippen LogP contribution in [0.15, 0.2) is 125 Å². The number of aromatic amines is 3. The minimum Gasteiger partial charge on any atom is -0.495 e. The van der Waals surface area contributed by atoms with Gasteiger partial charge in [-0.3, -0.25) is 15.3 Å². The van der Waals surface area contributed by atoms with E-state index >= 15 is 0 Å². The first-order valence-electron chi connectivity index (χ1n) is 26.0. The molecule has 2 saturated heterocycles. The Bertz CT molecular complexity index is 4100. The summed E-state index contributed by atoms with van der Waals surface area (Å²) in [5.74, 6) is 1.74. The molecule has 404 valence electrons. The largest absolute Gasteiger partial charge is 0.495 e. The van der Waals surface area contributed by atoms with E-state index in [1.54, 1.807) is 66.8 Å². The number of morpholine rings is 1. The van der Waals surface area contributed by atoms with E-state index in [0.717, 1.165) is 163 Å². The number of anilines is 2. The SMILES string of the molecule is COc1ccc(-c2[nH]nc3nccc(-c4csc(C)n4)c23)cc1N1CCN(C)CC1.COc1ccc(-c2[nH]nc3nccc(-c4csc(C)n4)c23)cc1N1CCOCC1.Clc1cccc(-c2[nH]nc3nccc(-c4ccsc4)c23)c1. The summed E-state index contributed by atoms with van der Waals surface area (Å²) in [6.07, 6.45) is 5.36. The lowest BCUT2D eigenvalue weighted by Crippen LogP contribution is -2.44. The first-order chi connectivity index (χ1) is 39.2. The van der Waals surface area contributed by atoms with Gasteiger partial charge in [0.2, 0.25) is 0 Å². The maximum absolute atomic E-state index is 6.10. The Morgan fingerprint density at radius 1 is 0.537 bits per heavy atom. The van der Waals surface area contributed by atoms with E-state index in [1.807, 2.05) is 68.4 Å². The van der Waals surface area contributed by atoms with Gasteiger partial charge in [0.25, 0.3) is 0 Å². The lowest BCUT2D eigenvalue weighted by atomic mass is 10.0. The molecular formula is C59H55ClN14O3S3. The molecule has 12 aromatic rings. The molecule has 2 aliphatic heterocycles. The number of thiazole rings is 2. The van der Waals surface area contributed by atoms with Gasteiger partial charge in [0.05, 0.1) is 93.5 Å². The molecule has 0 unspecified atom stereocenters. The number of ether oxygens (including phenoxy) is 3. The van der Waals surface area contributed by atoms with E-state index in [0.29, 0.717) is 22.0 Å². The Kier molecular flexibility index (Phi) is 15.3. The molecule has 0 bridgehead atoms. The van der Waals surface area contributed by atoms with E-state index in [4.69, 9.17) is 25.8 Å². The molecule has 3 N–H and O–H groups in total. The van der Waals surface area contributed by atoms with Crippen molar-refractivity contribution in [2.75, 3.05) is 83.5 Å². The molecule has 2 fully saturated rings. The Hall–Kier alpha value is -8.11. The monoisotopic (exact) mass is 1140 g/mol. The van der Waals surface area contributed by atoms with Gasteiger partial charge in [0.15, 0.2) is 16.9 Å². The van der Waals surface area contributed by atoms with E-state index in [1.165, 1.54) is 5.56 Å². The number of fused-ring (bicyclic) bond motifs is 3. The molecule has 11 heterocycles. The summed E-state index contributed by atoms with van der Waals surface area (Å²) in [5.41, 5.74) is 16.5. The van der Waals surface area contributed by atoms with E-state index in [9.17, 15) is 0 Å². The van der Waals surface area contributed by atoms with E-state index in [2.05, 4.69) is 129 Å². The third kappa shape index (κ3) is 10.7. The predicted octanol–water partition coefficient (Wildman–Crippen LogP) is 12.7.